The first-order chi connectivity index (χ1) is 18.1. The molecule has 38 heavy (non-hydrogen) atoms. The number of nitrogens with zero attached hydrogens (tertiary/aromatic N) is 6. The van der Waals surface area contributed by atoms with E-state index in [0.717, 1.165) is 39.4 Å². The third kappa shape index (κ3) is 5.99. The van der Waals surface area contributed by atoms with E-state index in [4.69, 9.17) is 4.98 Å². The maximum Gasteiger partial charge on any atom is 0.397 e. The molecule has 1 atom stereocenters. The molecule has 1 unspecified atom stereocenters. The largest absolute Gasteiger partial charge is 0.397 e. The summed E-state index contributed by atoms with van der Waals surface area (Å²) in [4.78, 5) is 36.7. The lowest BCUT2D eigenvalue weighted by molar-refractivity contribution is -0.162. The molecule has 1 N–H and O–H groups in total. The van der Waals surface area contributed by atoms with Crippen molar-refractivity contribution >= 4 is 16.9 Å². The molecule has 4 aromatic rings. The van der Waals surface area contributed by atoms with Gasteiger partial charge in [-0.15, -0.1) is 0 Å². The van der Waals surface area contributed by atoms with Gasteiger partial charge >= 0.3 is 6.18 Å². The van der Waals surface area contributed by atoms with Crippen molar-refractivity contribution < 1.29 is 18.0 Å². The second kappa shape index (κ2) is 10.5. The number of carbonyl (C=O) groups is 1. The second-order valence-corrected chi connectivity index (χ2v) is 9.55. The molecule has 3 aromatic heterocycles. The van der Waals surface area contributed by atoms with Gasteiger partial charge in [0.2, 0.25) is 5.91 Å². The highest BCUT2D eigenvalue weighted by Crippen LogP contribution is 2.26. The Bertz CT molecular complexity index is 1440. The highest BCUT2D eigenvalue weighted by Gasteiger charge is 2.35. The summed E-state index contributed by atoms with van der Waals surface area (Å²) < 4.78 is 37.7. The van der Waals surface area contributed by atoms with E-state index in [1.54, 1.807) is 12.4 Å². The normalized spacial score (nSPS) is 15.7. The number of alkyl halides is 3. The summed E-state index contributed by atoms with van der Waals surface area (Å²) in [5.74, 6) is 0.649. The summed E-state index contributed by atoms with van der Waals surface area (Å²) in [7, 11) is 0. The second-order valence-electron chi connectivity index (χ2n) is 9.55. The van der Waals surface area contributed by atoms with Gasteiger partial charge in [0.25, 0.3) is 0 Å². The minimum atomic E-state index is -4.48. The van der Waals surface area contributed by atoms with Gasteiger partial charge < -0.3 is 9.88 Å². The molecule has 0 bridgehead atoms. The fraction of sp³-hybridized carbons (Fsp3) is 0.370. The number of aromatic nitrogens is 5. The molecule has 0 saturated carbocycles. The van der Waals surface area contributed by atoms with Gasteiger partial charge in [-0.1, -0.05) is 6.07 Å². The first-order valence-electron chi connectivity index (χ1n) is 12.5. The highest BCUT2D eigenvalue weighted by atomic mass is 19.4. The number of aromatic amines is 1. The molecular formula is C27H28F3N7O. The standard InChI is InChI=1S/C27H28F3N7O/c1-17(36-9-11-37(12-10-36)26(38)16-27(28,29)30)19-5-7-32-21(13-19)15-25-34-23-4-3-20(14-24(23)35-25)22-6-8-31-18(2)33-22/h3-8,13-14,17H,9-12,15-16H2,1-2H3,(H,34,35). The zero-order valence-electron chi connectivity index (χ0n) is 21.2. The monoisotopic (exact) mass is 523 g/mol. The van der Waals surface area contributed by atoms with E-state index in [1.165, 1.54) is 4.90 Å². The van der Waals surface area contributed by atoms with Gasteiger partial charge in [-0.3, -0.25) is 14.7 Å². The van der Waals surface area contributed by atoms with Gasteiger partial charge in [-0.2, -0.15) is 13.2 Å². The first kappa shape index (κ1) is 25.8. The Labute approximate surface area is 218 Å². The molecule has 5 rings (SSSR count). The summed E-state index contributed by atoms with van der Waals surface area (Å²) in [6.07, 6.45) is -1.85. The summed E-state index contributed by atoms with van der Waals surface area (Å²) >= 11 is 0. The summed E-state index contributed by atoms with van der Waals surface area (Å²) in [5.41, 5.74) is 5.52. The topological polar surface area (TPSA) is 90.9 Å². The van der Waals surface area contributed by atoms with Crippen LogP contribution in [0, 0.1) is 6.92 Å². The van der Waals surface area contributed by atoms with Gasteiger partial charge in [-0.05, 0) is 49.7 Å². The Kier molecular flexibility index (Phi) is 7.11. The van der Waals surface area contributed by atoms with Crippen molar-refractivity contribution in [2.75, 3.05) is 26.2 Å². The number of halogens is 3. The van der Waals surface area contributed by atoms with E-state index in [9.17, 15) is 18.0 Å². The van der Waals surface area contributed by atoms with Crippen LogP contribution in [-0.2, 0) is 11.2 Å². The Hall–Kier alpha value is -3.86. The number of fused-ring (bicyclic) bond motifs is 1. The molecule has 0 radical (unpaired) electrons. The highest BCUT2D eigenvalue weighted by molar-refractivity contribution is 5.81. The summed E-state index contributed by atoms with van der Waals surface area (Å²) in [5, 5.41) is 0. The first-order valence-corrected chi connectivity index (χ1v) is 12.5. The lowest BCUT2D eigenvalue weighted by Gasteiger charge is -2.38. The van der Waals surface area contributed by atoms with Crippen molar-refractivity contribution in [3.05, 3.63) is 71.7 Å². The molecule has 1 aliphatic heterocycles. The van der Waals surface area contributed by atoms with Crippen molar-refractivity contribution in [1.29, 1.82) is 0 Å². The molecule has 0 spiro atoms. The van der Waals surface area contributed by atoms with E-state index in [0.29, 0.717) is 25.3 Å². The number of hydrogen-bond acceptors (Lipinski definition) is 6. The number of piperazine rings is 1. The number of H-pyrrole nitrogens is 1. The zero-order valence-corrected chi connectivity index (χ0v) is 21.2. The van der Waals surface area contributed by atoms with Crippen LogP contribution in [0.15, 0.2) is 48.8 Å². The third-order valence-corrected chi connectivity index (χ3v) is 6.84. The fourth-order valence-corrected chi connectivity index (χ4v) is 4.80. The van der Waals surface area contributed by atoms with Crippen LogP contribution in [0.25, 0.3) is 22.3 Å². The Morgan fingerprint density at radius 3 is 2.53 bits per heavy atom. The number of pyridine rings is 1. The maximum atomic E-state index is 12.6. The number of amides is 1. The summed E-state index contributed by atoms with van der Waals surface area (Å²) in [6, 6.07) is 11.9. The number of benzene rings is 1. The van der Waals surface area contributed by atoms with Crippen molar-refractivity contribution in [2.24, 2.45) is 0 Å². The predicted octanol–water partition coefficient (Wildman–Crippen LogP) is 4.47. The van der Waals surface area contributed by atoms with Crippen LogP contribution >= 0.6 is 0 Å². The minimum Gasteiger partial charge on any atom is -0.342 e. The Morgan fingerprint density at radius 2 is 1.79 bits per heavy atom. The third-order valence-electron chi connectivity index (χ3n) is 6.84. The maximum absolute atomic E-state index is 12.6. The Balaban J connectivity index is 1.24. The fourth-order valence-electron chi connectivity index (χ4n) is 4.80. The quantitative estimate of drug-likeness (QED) is 0.401. The van der Waals surface area contributed by atoms with Crippen LogP contribution in [0.2, 0.25) is 0 Å². The van der Waals surface area contributed by atoms with Gasteiger partial charge in [0.05, 0.1) is 16.7 Å². The summed E-state index contributed by atoms with van der Waals surface area (Å²) in [6.45, 7) is 5.52. The average molecular weight is 524 g/mol. The van der Waals surface area contributed by atoms with Crippen LogP contribution in [0.3, 0.4) is 0 Å². The SMILES string of the molecule is Cc1nccc(-c2ccc3nc(Cc4cc(C(C)N5CCN(C(=O)CC(F)(F)F)CC5)ccn4)[nH]c3c2)n1. The van der Waals surface area contributed by atoms with Gasteiger partial charge in [-0.25, -0.2) is 15.0 Å². The van der Waals surface area contributed by atoms with E-state index in [1.807, 2.05) is 43.3 Å². The molecule has 1 aliphatic rings. The molecule has 8 nitrogen and oxygen atoms in total. The van der Waals surface area contributed by atoms with Crippen molar-refractivity contribution in [1.82, 2.24) is 34.7 Å². The van der Waals surface area contributed by atoms with Crippen LogP contribution in [0.5, 0.6) is 0 Å². The Morgan fingerprint density at radius 1 is 1.03 bits per heavy atom. The van der Waals surface area contributed by atoms with Crippen molar-refractivity contribution in [3.8, 4) is 11.3 Å². The molecule has 1 saturated heterocycles. The number of aryl methyl sites for hydroxylation is 1. The number of hydrogen-bond donors (Lipinski definition) is 1. The minimum absolute atomic E-state index is 0.0335. The average Bonchev–Trinajstić information content (AvgIpc) is 3.29. The lowest BCUT2D eigenvalue weighted by Crippen LogP contribution is -2.50. The number of rotatable bonds is 6. The lowest BCUT2D eigenvalue weighted by atomic mass is 10.1. The van der Waals surface area contributed by atoms with Crippen LogP contribution < -0.4 is 0 Å². The molecule has 1 aromatic carbocycles. The van der Waals surface area contributed by atoms with Gasteiger partial charge in [0.15, 0.2) is 0 Å². The van der Waals surface area contributed by atoms with Gasteiger partial charge in [0.1, 0.15) is 18.1 Å². The predicted molar refractivity (Wildman–Crippen MR) is 136 cm³/mol. The van der Waals surface area contributed by atoms with Crippen LogP contribution in [-0.4, -0.2) is 73.0 Å². The number of imidazole rings is 1. The van der Waals surface area contributed by atoms with E-state index in [-0.39, 0.29) is 19.1 Å². The molecule has 198 valence electrons. The smallest absolute Gasteiger partial charge is 0.342 e. The van der Waals surface area contributed by atoms with Crippen LogP contribution in [0.4, 0.5) is 13.2 Å². The van der Waals surface area contributed by atoms with Crippen LogP contribution in [0.1, 0.15) is 42.3 Å². The molecule has 4 heterocycles. The van der Waals surface area contributed by atoms with E-state index < -0.39 is 18.5 Å². The molecular weight excluding hydrogens is 495 g/mol. The van der Waals surface area contributed by atoms with Crippen molar-refractivity contribution in [3.63, 3.8) is 0 Å². The van der Waals surface area contributed by atoms with Gasteiger partial charge in [0, 0.05) is 62.3 Å². The number of nitrogens with one attached hydrogen (secondary N) is 1. The molecule has 1 fully saturated rings. The van der Waals surface area contributed by atoms with E-state index >= 15 is 0 Å². The molecule has 1 amide bonds. The molecule has 0 aliphatic carbocycles. The van der Waals surface area contributed by atoms with Crippen molar-refractivity contribution in [2.45, 2.75) is 38.9 Å². The zero-order chi connectivity index (χ0) is 26.9. The van der Waals surface area contributed by atoms with E-state index in [2.05, 4.69) is 31.8 Å². The molecule has 11 heteroatoms. The number of carbonyl (C=O) groups excluding carboxylic acids is 1.